The maximum Gasteiger partial charge on any atom is 0.341 e. The fraction of sp³-hybridized carbons (Fsp3) is 0.118. The van der Waals surface area contributed by atoms with Crippen molar-refractivity contribution in [2.45, 2.75) is 6.92 Å². The van der Waals surface area contributed by atoms with E-state index in [9.17, 15) is 9.18 Å². The Hall–Kier alpha value is -2.13. The van der Waals surface area contributed by atoms with Crippen LogP contribution >= 0.6 is 11.6 Å². The van der Waals surface area contributed by atoms with Gasteiger partial charge in [-0.1, -0.05) is 60.1 Å². The highest BCUT2D eigenvalue weighted by atomic mass is 35.5. The van der Waals surface area contributed by atoms with Crippen LogP contribution in [0, 0.1) is 0 Å². The molecular weight excluding hydrogens is 291 g/mol. The van der Waals surface area contributed by atoms with Gasteiger partial charge < -0.3 is 4.74 Å². The third kappa shape index (κ3) is 3.50. The summed E-state index contributed by atoms with van der Waals surface area (Å²) in [5, 5.41) is 0.243. The molecule has 0 radical (unpaired) electrons. The predicted molar refractivity (Wildman–Crippen MR) is 82.4 cm³/mol. The average Bonchev–Trinajstić information content (AvgIpc) is 2.49. The topological polar surface area (TPSA) is 26.3 Å². The van der Waals surface area contributed by atoms with Crippen LogP contribution < -0.4 is 0 Å². The highest BCUT2D eigenvalue weighted by molar-refractivity contribution is 6.33. The summed E-state index contributed by atoms with van der Waals surface area (Å²) >= 11 is 6.01. The van der Waals surface area contributed by atoms with E-state index < -0.39 is 11.8 Å². The highest BCUT2D eigenvalue weighted by Gasteiger charge is 2.21. The quantitative estimate of drug-likeness (QED) is 0.463. The molecule has 0 aliphatic heterocycles. The lowest BCUT2D eigenvalue weighted by Crippen LogP contribution is -2.08. The van der Waals surface area contributed by atoms with Crippen LogP contribution in [0.1, 0.15) is 18.1 Å². The number of halogens is 2. The van der Waals surface area contributed by atoms with Gasteiger partial charge in [-0.25, -0.2) is 9.18 Å². The molecule has 0 amide bonds. The van der Waals surface area contributed by atoms with E-state index in [1.54, 1.807) is 55.5 Å². The largest absolute Gasteiger partial charge is 0.462 e. The summed E-state index contributed by atoms with van der Waals surface area (Å²) in [6.45, 7) is 1.85. The van der Waals surface area contributed by atoms with Crippen molar-refractivity contribution >= 4 is 29.0 Å². The molecule has 0 N–H and O–H groups in total. The van der Waals surface area contributed by atoms with Crippen LogP contribution in [-0.2, 0) is 9.53 Å². The van der Waals surface area contributed by atoms with Gasteiger partial charge in [-0.2, -0.15) is 0 Å². The summed E-state index contributed by atoms with van der Waals surface area (Å²) in [6.07, 6.45) is 0. The molecule has 108 valence electrons. The van der Waals surface area contributed by atoms with Crippen molar-refractivity contribution in [2.75, 3.05) is 6.61 Å². The minimum absolute atomic E-state index is 0.120. The zero-order valence-electron chi connectivity index (χ0n) is 11.5. The summed E-state index contributed by atoms with van der Waals surface area (Å²) in [5.74, 6) is -1.40. The molecule has 0 unspecified atom stereocenters. The molecule has 4 heteroatoms. The lowest BCUT2D eigenvalue weighted by molar-refractivity contribution is -0.136. The number of carbonyl (C=O) groups excluding carboxylic acids is 1. The average molecular weight is 305 g/mol. The molecule has 2 nitrogen and oxygen atoms in total. The molecule has 0 aliphatic rings. The Bertz CT molecular complexity index is 666. The van der Waals surface area contributed by atoms with E-state index in [-0.39, 0.29) is 22.8 Å². The normalized spacial score (nSPS) is 11.8. The zero-order valence-corrected chi connectivity index (χ0v) is 12.2. The molecule has 0 atom stereocenters. The lowest BCUT2D eigenvalue weighted by Gasteiger charge is -2.10. The minimum Gasteiger partial charge on any atom is -0.462 e. The number of hydrogen-bond acceptors (Lipinski definition) is 2. The van der Waals surface area contributed by atoms with Crippen molar-refractivity contribution in [2.24, 2.45) is 0 Å². The molecule has 21 heavy (non-hydrogen) atoms. The zero-order chi connectivity index (χ0) is 15.2. The molecule has 2 aromatic carbocycles. The highest BCUT2D eigenvalue weighted by Crippen LogP contribution is 2.32. The number of carbonyl (C=O) groups is 1. The fourth-order valence-electron chi connectivity index (χ4n) is 1.92. The molecule has 0 heterocycles. The van der Waals surface area contributed by atoms with Crippen LogP contribution in [0.25, 0.3) is 11.4 Å². The van der Waals surface area contributed by atoms with E-state index >= 15 is 0 Å². The smallest absolute Gasteiger partial charge is 0.341 e. The van der Waals surface area contributed by atoms with Crippen molar-refractivity contribution in [3.8, 4) is 0 Å². The van der Waals surface area contributed by atoms with Crippen LogP contribution in [0.4, 0.5) is 4.39 Å². The molecule has 0 aliphatic carbocycles. The van der Waals surface area contributed by atoms with E-state index in [4.69, 9.17) is 16.3 Å². The predicted octanol–water partition coefficient (Wildman–Crippen LogP) is 4.74. The SMILES string of the molecule is CCOC(=O)/C(=C(/F)c1ccccc1Cl)c1ccccc1. The molecule has 0 aromatic heterocycles. The second-order valence-electron chi connectivity index (χ2n) is 4.26. The van der Waals surface area contributed by atoms with Gasteiger partial charge in [0.2, 0.25) is 0 Å². The first-order valence-corrected chi connectivity index (χ1v) is 6.90. The fourth-order valence-corrected chi connectivity index (χ4v) is 2.13. The van der Waals surface area contributed by atoms with Crippen LogP contribution in [0.5, 0.6) is 0 Å². The molecule has 2 aromatic rings. The Labute approximate surface area is 127 Å². The molecule has 0 spiro atoms. The number of benzene rings is 2. The standard InChI is InChI=1S/C17H14ClFO2/c1-2-21-17(20)15(12-8-4-3-5-9-12)16(19)13-10-6-7-11-14(13)18/h3-11H,2H2,1H3/b16-15+. The molecule has 0 fully saturated rings. The van der Waals surface area contributed by atoms with Crippen LogP contribution in [-0.4, -0.2) is 12.6 Å². The van der Waals surface area contributed by atoms with E-state index in [0.717, 1.165) is 0 Å². The summed E-state index contributed by atoms with van der Waals surface area (Å²) in [5.41, 5.74) is 0.505. The first kappa shape index (κ1) is 15.3. The molecule has 2 rings (SSSR count). The van der Waals surface area contributed by atoms with Gasteiger partial charge in [0.1, 0.15) is 11.4 Å². The van der Waals surface area contributed by atoms with Gasteiger partial charge in [-0.15, -0.1) is 0 Å². The summed E-state index contributed by atoms with van der Waals surface area (Å²) in [6, 6.07) is 15.0. The van der Waals surface area contributed by atoms with Gasteiger partial charge in [-0.05, 0) is 18.6 Å². The van der Waals surface area contributed by atoms with Gasteiger partial charge in [0.15, 0.2) is 0 Å². The first-order chi connectivity index (χ1) is 10.1. The van der Waals surface area contributed by atoms with Crippen molar-refractivity contribution in [3.63, 3.8) is 0 Å². The minimum atomic E-state index is -0.707. The third-order valence-electron chi connectivity index (χ3n) is 2.87. The third-order valence-corrected chi connectivity index (χ3v) is 3.20. The van der Waals surface area contributed by atoms with Crippen molar-refractivity contribution in [1.82, 2.24) is 0 Å². The van der Waals surface area contributed by atoms with Gasteiger partial charge in [0, 0.05) is 5.56 Å². The van der Waals surface area contributed by atoms with Gasteiger partial charge in [0.05, 0.1) is 11.6 Å². The number of esters is 1. The number of rotatable bonds is 4. The van der Waals surface area contributed by atoms with E-state index in [1.165, 1.54) is 6.07 Å². The van der Waals surface area contributed by atoms with Gasteiger partial charge in [-0.3, -0.25) is 0 Å². The second kappa shape index (κ2) is 7.04. The van der Waals surface area contributed by atoms with E-state index in [1.807, 2.05) is 0 Å². The number of hydrogen-bond donors (Lipinski definition) is 0. The Kier molecular flexibility index (Phi) is 5.12. The first-order valence-electron chi connectivity index (χ1n) is 6.52. The van der Waals surface area contributed by atoms with Crippen molar-refractivity contribution in [1.29, 1.82) is 0 Å². The molecule has 0 saturated carbocycles. The Morgan fingerprint density at radius 3 is 2.33 bits per heavy atom. The lowest BCUT2D eigenvalue weighted by atomic mass is 10.0. The Morgan fingerprint density at radius 2 is 1.71 bits per heavy atom. The Balaban J connectivity index is 2.61. The number of ether oxygens (including phenoxy) is 1. The van der Waals surface area contributed by atoms with E-state index in [0.29, 0.717) is 5.56 Å². The Morgan fingerprint density at radius 1 is 1.10 bits per heavy atom. The summed E-state index contributed by atoms with van der Waals surface area (Å²) in [4.78, 5) is 12.1. The van der Waals surface area contributed by atoms with Crippen LogP contribution in [0.15, 0.2) is 54.6 Å². The van der Waals surface area contributed by atoms with Crippen molar-refractivity contribution in [3.05, 3.63) is 70.7 Å². The molecular formula is C17H14ClFO2. The maximum atomic E-state index is 14.8. The van der Waals surface area contributed by atoms with Gasteiger partial charge in [0.25, 0.3) is 0 Å². The summed E-state index contributed by atoms with van der Waals surface area (Å²) in [7, 11) is 0. The second-order valence-corrected chi connectivity index (χ2v) is 4.66. The molecule has 0 saturated heterocycles. The van der Waals surface area contributed by atoms with Crippen LogP contribution in [0.2, 0.25) is 5.02 Å². The van der Waals surface area contributed by atoms with Crippen LogP contribution in [0.3, 0.4) is 0 Å². The summed E-state index contributed by atoms with van der Waals surface area (Å²) < 4.78 is 19.8. The maximum absolute atomic E-state index is 14.8. The van der Waals surface area contributed by atoms with Crippen molar-refractivity contribution < 1.29 is 13.9 Å². The monoisotopic (exact) mass is 304 g/mol. The van der Waals surface area contributed by atoms with Gasteiger partial charge >= 0.3 is 5.97 Å². The molecule has 0 bridgehead atoms. The van der Waals surface area contributed by atoms with E-state index in [2.05, 4.69) is 0 Å².